The number of thiophene rings is 1. The van der Waals surface area contributed by atoms with Gasteiger partial charge in [0.2, 0.25) is 0 Å². The number of imidazole rings is 1. The Morgan fingerprint density at radius 2 is 2.33 bits per heavy atom. The summed E-state index contributed by atoms with van der Waals surface area (Å²) in [6.45, 7) is 3.98. The third kappa shape index (κ3) is 4.02. The summed E-state index contributed by atoms with van der Waals surface area (Å²) in [7, 11) is 0. The monoisotopic (exact) mass is 445 g/mol. The van der Waals surface area contributed by atoms with E-state index in [0.29, 0.717) is 19.5 Å². The summed E-state index contributed by atoms with van der Waals surface area (Å²) in [5.74, 6) is 0.930. The highest BCUT2D eigenvalue weighted by Crippen LogP contribution is 2.36. The van der Waals surface area contributed by atoms with Crippen molar-refractivity contribution >= 4 is 28.3 Å². The summed E-state index contributed by atoms with van der Waals surface area (Å²) in [5, 5.41) is 25.2. The largest absolute Gasteiger partial charge is 0.391 e. The molecular weight excluding hydrogens is 422 g/mol. The van der Waals surface area contributed by atoms with Crippen LogP contribution in [0.15, 0.2) is 41.1 Å². The molecule has 158 valence electrons. The van der Waals surface area contributed by atoms with Crippen LogP contribution in [0.4, 0.5) is 0 Å². The number of ether oxygens (including phenoxy) is 1. The van der Waals surface area contributed by atoms with E-state index in [2.05, 4.69) is 36.2 Å². The van der Waals surface area contributed by atoms with Crippen LogP contribution < -0.4 is 5.32 Å². The predicted molar refractivity (Wildman–Crippen MR) is 116 cm³/mol. The van der Waals surface area contributed by atoms with Crippen molar-refractivity contribution in [1.29, 1.82) is 0 Å². The van der Waals surface area contributed by atoms with Crippen LogP contribution >= 0.6 is 23.1 Å². The first-order chi connectivity index (χ1) is 14.7. The van der Waals surface area contributed by atoms with Gasteiger partial charge in [0, 0.05) is 25.4 Å². The van der Waals surface area contributed by atoms with E-state index in [9.17, 15) is 5.11 Å². The summed E-state index contributed by atoms with van der Waals surface area (Å²) in [6.07, 6.45) is 5.57. The molecule has 11 heteroatoms. The smallest absolute Gasteiger partial charge is 0.159 e. The van der Waals surface area contributed by atoms with Gasteiger partial charge in [-0.25, -0.2) is 9.67 Å². The molecule has 0 spiro atoms. The highest BCUT2D eigenvalue weighted by molar-refractivity contribution is 8.14. The second-order valence-electron chi connectivity index (χ2n) is 7.29. The Bertz CT molecular complexity index is 1020. The summed E-state index contributed by atoms with van der Waals surface area (Å²) in [5.41, 5.74) is 0.697. The number of amidine groups is 1. The number of nitrogens with zero attached hydrogens (tertiary/aromatic N) is 6. The van der Waals surface area contributed by atoms with Crippen molar-refractivity contribution < 1.29 is 9.84 Å². The Morgan fingerprint density at radius 1 is 1.40 bits per heavy atom. The SMILES string of the molecule is CCNC1=N[C@H]2[C@H](O[C@H](Cn3cc(Cn4ccnc4-c4cccs4)nn3)C[C@@H]2O)S1. The number of aliphatic imine (C=N–C) groups is 1. The molecule has 4 atom stereocenters. The lowest BCUT2D eigenvalue weighted by Crippen LogP contribution is -2.45. The molecule has 2 aliphatic heterocycles. The number of aliphatic hydroxyl groups is 1. The van der Waals surface area contributed by atoms with Gasteiger partial charge in [-0.05, 0) is 18.4 Å². The zero-order valence-electron chi connectivity index (χ0n) is 16.5. The van der Waals surface area contributed by atoms with Crippen LogP contribution in [0.25, 0.3) is 10.7 Å². The molecule has 5 rings (SSSR count). The van der Waals surface area contributed by atoms with E-state index in [1.165, 1.54) is 0 Å². The third-order valence-electron chi connectivity index (χ3n) is 5.09. The lowest BCUT2D eigenvalue weighted by molar-refractivity contribution is -0.0766. The van der Waals surface area contributed by atoms with Crippen LogP contribution in [-0.4, -0.2) is 65.0 Å². The Hall–Kier alpha value is -2.21. The fourth-order valence-electron chi connectivity index (χ4n) is 3.74. The van der Waals surface area contributed by atoms with Crippen LogP contribution in [0.1, 0.15) is 19.0 Å². The maximum absolute atomic E-state index is 10.5. The first-order valence-electron chi connectivity index (χ1n) is 9.95. The van der Waals surface area contributed by atoms with Crippen LogP contribution in [0.2, 0.25) is 0 Å². The number of hydrogen-bond donors (Lipinski definition) is 2. The summed E-state index contributed by atoms with van der Waals surface area (Å²) in [6, 6.07) is 3.88. The Balaban J connectivity index is 1.22. The van der Waals surface area contributed by atoms with Gasteiger partial charge in [0.05, 0.1) is 36.4 Å². The van der Waals surface area contributed by atoms with Crippen molar-refractivity contribution in [3.8, 4) is 10.7 Å². The molecule has 2 aliphatic rings. The average molecular weight is 446 g/mol. The zero-order chi connectivity index (χ0) is 20.5. The maximum Gasteiger partial charge on any atom is 0.159 e. The number of aromatic nitrogens is 5. The van der Waals surface area contributed by atoms with Gasteiger partial charge in [0.15, 0.2) is 5.17 Å². The summed E-state index contributed by atoms with van der Waals surface area (Å²) >= 11 is 3.21. The standard InChI is InChI=1S/C19H23N7O2S2/c1-2-20-19-22-16-14(27)8-13(28-18(16)30-19)11-26-10-12(23-24-26)9-25-6-5-21-17(25)15-4-3-7-29-15/h3-7,10,13-14,16,18,27H,2,8-9,11H2,1H3,(H,20,22)/t13-,14-,16+,18+/m0/s1. The topological polar surface area (TPSA) is 102 Å². The number of aliphatic hydroxyl groups excluding tert-OH is 1. The Labute approximate surface area is 182 Å². The highest BCUT2D eigenvalue weighted by Gasteiger charge is 2.42. The molecular formula is C19H23N7O2S2. The van der Waals surface area contributed by atoms with E-state index >= 15 is 0 Å². The second-order valence-corrected chi connectivity index (χ2v) is 9.33. The van der Waals surface area contributed by atoms with Gasteiger partial charge < -0.3 is 19.7 Å². The lowest BCUT2D eigenvalue weighted by atomic mass is 10.0. The molecule has 3 aromatic heterocycles. The van der Waals surface area contributed by atoms with E-state index in [-0.39, 0.29) is 17.6 Å². The summed E-state index contributed by atoms with van der Waals surface area (Å²) in [4.78, 5) is 10.1. The van der Waals surface area contributed by atoms with E-state index in [1.807, 2.05) is 30.8 Å². The van der Waals surface area contributed by atoms with Gasteiger partial charge in [0.1, 0.15) is 23.0 Å². The molecule has 0 unspecified atom stereocenters. The van der Waals surface area contributed by atoms with Crippen LogP contribution in [0.5, 0.6) is 0 Å². The summed E-state index contributed by atoms with van der Waals surface area (Å²) < 4.78 is 10.1. The molecule has 1 saturated heterocycles. The zero-order valence-corrected chi connectivity index (χ0v) is 18.1. The van der Waals surface area contributed by atoms with Crippen LogP contribution in [-0.2, 0) is 17.8 Å². The van der Waals surface area contributed by atoms with Crippen molar-refractivity contribution in [3.63, 3.8) is 0 Å². The molecule has 0 bridgehead atoms. The maximum atomic E-state index is 10.5. The molecule has 0 radical (unpaired) electrons. The molecule has 9 nitrogen and oxygen atoms in total. The Morgan fingerprint density at radius 3 is 3.17 bits per heavy atom. The van der Waals surface area contributed by atoms with Crippen LogP contribution in [0, 0.1) is 0 Å². The minimum atomic E-state index is -0.514. The lowest BCUT2D eigenvalue weighted by Gasteiger charge is -2.33. The van der Waals surface area contributed by atoms with E-state index in [4.69, 9.17) is 4.74 Å². The molecule has 2 N–H and O–H groups in total. The normalized spacial score (nSPS) is 25.9. The molecule has 0 amide bonds. The molecule has 30 heavy (non-hydrogen) atoms. The van der Waals surface area contributed by atoms with E-state index < -0.39 is 6.10 Å². The average Bonchev–Trinajstić information content (AvgIpc) is 3.49. The fraction of sp³-hybridized carbons (Fsp3) is 0.474. The van der Waals surface area contributed by atoms with Crippen molar-refractivity contribution in [2.75, 3.05) is 6.54 Å². The van der Waals surface area contributed by atoms with Crippen molar-refractivity contribution in [2.24, 2.45) is 4.99 Å². The number of fused-ring (bicyclic) bond motifs is 1. The number of thioether (sulfide) groups is 1. The number of rotatable bonds is 6. The molecule has 0 aliphatic carbocycles. The van der Waals surface area contributed by atoms with E-state index in [1.54, 1.807) is 34.0 Å². The van der Waals surface area contributed by atoms with Gasteiger partial charge in [-0.3, -0.25) is 4.99 Å². The minimum Gasteiger partial charge on any atom is -0.391 e. The predicted octanol–water partition coefficient (Wildman–Crippen LogP) is 1.81. The number of nitrogens with one attached hydrogen (secondary N) is 1. The molecule has 3 aromatic rings. The highest BCUT2D eigenvalue weighted by atomic mass is 32.2. The van der Waals surface area contributed by atoms with Crippen molar-refractivity contribution in [3.05, 3.63) is 41.8 Å². The van der Waals surface area contributed by atoms with Gasteiger partial charge in [-0.15, -0.1) is 16.4 Å². The van der Waals surface area contributed by atoms with Crippen LogP contribution in [0.3, 0.4) is 0 Å². The molecule has 5 heterocycles. The van der Waals surface area contributed by atoms with E-state index in [0.717, 1.165) is 28.1 Å². The Kier molecular flexibility index (Phi) is 5.59. The molecule has 1 fully saturated rings. The van der Waals surface area contributed by atoms with Crippen molar-refractivity contribution in [1.82, 2.24) is 29.9 Å². The van der Waals surface area contributed by atoms with Gasteiger partial charge in [0.25, 0.3) is 0 Å². The first-order valence-corrected chi connectivity index (χ1v) is 11.7. The van der Waals surface area contributed by atoms with Gasteiger partial charge in [-0.1, -0.05) is 23.0 Å². The first kappa shape index (κ1) is 19.7. The van der Waals surface area contributed by atoms with Gasteiger partial charge >= 0.3 is 0 Å². The molecule has 0 saturated carbocycles. The number of hydrogen-bond acceptors (Lipinski definition) is 9. The minimum absolute atomic E-state index is 0.130. The second kappa shape index (κ2) is 8.50. The van der Waals surface area contributed by atoms with Gasteiger partial charge in [-0.2, -0.15) is 0 Å². The third-order valence-corrected chi connectivity index (χ3v) is 7.05. The fourth-order valence-corrected chi connectivity index (χ4v) is 5.70. The quantitative estimate of drug-likeness (QED) is 0.596. The van der Waals surface area contributed by atoms with Crippen molar-refractivity contribution in [2.45, 2.75) is 50.1 Å². The molecule has 0 aromatic carbocycles.